The molecule has 1 aliphatic rings. The van der Waals surface area contributed by atoms with Gasteiger partial charge in [-0.15, -0.1) is 0 Å². The summed E-state index contributed by atoms with van der Waals surface area (Å²) >= 11 is 0. The SMILES string of the molecule is CCN1CCN(c2cn[nH]c(=O)n2)CC1. The first-order chi connectivity index (χ1) is 7.29. The molecule has 0 radical (unpaired) electrons. The predicted octanol–water partition coefficient (Wildman–Crippen LogP) is -0.693. The number of rotatable bonds is 2. The average Bonchev–Trinajstić information content (AvgIpc) is 2.29. The summed E-state index contributed by atoms with van der Waals surface area (Å²) in [7, 11) is 0. The maximum absolute atomic E-state index is 11.0. The number of likely N-dealkylation sites (N-methyl/N-ethyl adjacent to an activating group) is 1. The van der Waals surface area contributed by atoms with Crippen LogP contribution in [0.4, 0.5) is 5.82 Å². The van der Waals surface area contributed by atoms with Crippen molar-refractivity contribution in [2.45, 2.75) is 6.92 Å². The molecule has 1 fully saturated rings. The maximum Gasteiger partial charge on any atom is 0.363 e. The summed E-state index contributed by atoms with van der Waals surface area (Å²) in [6.07, 6.45) is 1.60. The molecule has 1 aromatic heterocycles. The first-order valence-electron chi connectivity index (χ1n) is 5.18. The molecule has 0 spiro atoms. The Morgan fingerprint density at radius 1 is 1.40 bits per heavy atom. The fraction of sp³-hybridized carbons (Fsp3) is 0.667. The van der Waals surface area contributed by atoms with E-state index in [4.69, 9.17) is 0 Å². The van der Waals surface area contributed by atoms with E-state index in [1.54, 1.807) is 6.20 Å². The molecule has 1 aromatic rings. The Morgan fingerprint density at radius 2 is 2.13 bits per heavy atom. The third-order valence-electron chi connectivity index (χ3n) is 2.70. The number of hydrogen-bond donors (Lipinski definition) is 1. The standard InChI is InChI=1S/C9H15N5O/c1-2-13-3-5-14(6-4-13)8-7-10-12-9(15)11-8/h7H,2-6H2,1H3,(H,11,12,15). The molecule has 0 bridgehead atoms. The van der Waals surface area contributed by atoms with Crippen LogP contribution >= 0.6 is 0 Å². The van der Waals surface area contributed by atoms with E-state index < -0.39 is 0 Å². The van der Waals surface area contributed by atoms with Gasteiger partial charge in [-0.25, -0.2) is 9.89 Å². The molecular formula is C9H15N5O. The Morgan fingerprint density at radius 3 is 2.73 bits per heavy atom. The van der Waals surface area contributed by atoms with Crippen LogP contribution in [0.25, 0.3) is 0 Å². The summed E-state index contributed by atoms with van der Waals surface area (Å²) in [5.74, 6) is 0.675. The second-order valence-electron chi connectivity index (χ2n) is 3.57. The first kappa shape index (κ1) is 10.1. The summed E-state index contributed by atoms with van der Waals surface area (Å²) in [6, 6.07) is 0. The minimum Gasteiger partial charge on any atom is -0.353 e. The van der Waals surface area contributed by atoms with Crippen LogP contribution in [-0.2, 0) is 0 Å². The van der Waals surface area contributed by atoms with Crippen molar-refractivity contribution < 1.29 is 0 Å². The van der Waals surface area contributed by atoms with Gasteiger partial charge in [0.1, 0.15) is 0 Å². The lowest BCUT2D eigenvalue weighted by Crippen LogP contribution is -2.46. The number of nitrogens with one attached hydrogen (secondary N) is 1. The summed E-state index contributed by atoms with van der Waals surface area (Å²) in [6.45, 7) is 7.09. The van der Waals surface area contributed by atoms with Gasteiger partial charge in [-0.2, -0.15) is 10.1 Å². The summed E-state index contributed by atoms with van der Waals surface area (Å²) in [4.78, 5) is 19.3. The van der Waals surface area contributed by atoms with Crippen LogP contribution in [-0.4, -0.2) is 52.8 Å². The van der Waals surface area contributed by atoms with Gasteiger partial charge in [0.15, 0.2) is 5.82 Å². The van der Waals surface area contributed by atoms with E-state index in [0.717, 1.165) is 32.7 Å². The molecule has 0 aromatic carbocycles. The Bertz CT molecular complexity index is 369. The number of piperazine rings is 1. The first-order valence-corrected chi connectivity index (χ1v) is 5.18. The zero-order chi connectivity index (χ0) is 10.7. The van der Waals surface area contributed by atoms with E-state index in [9.17, 15) is 4.79 Å². The van der Waals surface area contributed by atoms with Gasteiger partial charge in [0.05, 0.1) is 6.20 Å². The van der Waals surface area contributed by atoms with Crippen molar-refractivity contribution >= 4 is 5.82 Å². The van der Waals surface area contributed by atoms with E-state index in [0.29, 0.717) is 5.82 Å². The number of H-pyrrole nitrogens is 1. The summed E-state index contributed by atoms with van der Waals surface area (Å²) in [5.41, 5.74) is -0.384. The lowest BCUT2D eigenvalue weighted by molar-refractivity contribution is 0.270. The van der Waals surface area contributed by atoms with Crippen molar-refractivity contribution in [2.24, 2.45) is 0 Å². The van der Waals surface area contributed by atoms with Crippen LogP contribution in [0, 0.1) is 0 Å². The average molecular weight is 209 g/mol. The van der Waals surface area contributed by atoms with Gasteiger partial charge >= 0.3 is 5.69 Å². The van der Waals surface area contributed by atoms with Crippen LogP contribution < -0.4 is 10.6 Å². The molecule has 15 heavy (non-hydrogen) atoms. The maximum atomic E-state index is 11.0. The van der Waals surface area contributed by atoms with Crippen molar-refractivity contribution in [3.05, 3.63) is 16.7 Å². The van der Waals surface area contributed by atoms with Gasteiger partial charge in [0.2, 0.25) is 0 Å². The molecule has 1 aliphatic heterocycles. The number of aromatic nitrogens is 3. The largest absolute Gasteiger partial charge is 0.363 e. The minimum absolute atomic E-state index is 0.384. The lowest BCUT2D eigenvalue weighted by Gasteiger charge is -2.34. The van der Waals surface area contributed by atoms with E-state index in [1.165, 1.54) is 0 Å². The third kappa shape index (κ3) is 2.33. The van der Waals surface area contributed by atoms with Crippen LogP contribution in [0.1, 0.15) is 6.92 Å². The molecular weight excluding hydrogens is 194 g/mol. The normalized spacial score (nSPS) is 18.1. The monoisotopic (exact) mass is 209 g/mol. The van der Waals surface area contributed by atoms with E-state index in [-0.39, 0.29) is 5.69 Å². The van der Waals surface area contributed by atoms with E-state index in [1.807, 2.05) is 0 Å². The van der Waals surface area contributed by atoms with Crippen LogP contribution in [0.15, 0.2) is 11.0 Å². The van der Waals surface area contributed by atoms with Crippen molar-refractivity contribution in [3.8, 4) is 0 Å². The quantitative estimate of drug-likeness (QED) is 0.698. The van der Waals surface area contributed by atoms with Gasteiger partial charge in [-0.3, -0.25) is 0 Å². The number of anilines is 1. The van der Waals surface area contributed by atoms with Crippen LogP contribution in [0.3, 0.4) is 0 Å². The minimum atomic E-state index is -0.384. The molecule has 0 atom stereocenters. The molecule has 0 unspecified atom stereocenters. The van der Waals surface area contributed by atoms with Crippen molar-refractivity contribution in [2.75, 3.05) is 37.6 Å². The molecule has 0 saturated carbocycles. The smallest absolute Gasteiger partial charge is 0.353 e. The van der Waals surface area contributed by atoms with Crippen molar-refractivity contribution in [1.82, 2.24) is 20.1 Å². The molecule has 6 nitrogen and oxygen atoms in total. The van der Waals surface area contributed by atoms with Crippen LogP contribution in [0.2, 0.25) is 0 Å². The molecule has 0 amide bonds. The lowest BCUT2D eigenvalue weighted by atomic mass is 10.3. The molecule has 1 N–H and O–H groups in total. The highest BCUT2D eigenvalue weighted by molar-refractivity contribution is 5.34. The van der Waals surface area contributed by atoms with E-state index >= 15 is 0 Å². The van der Waals surface area contributed by atoms with Gasteiger partial charge < -0.3 is 9.80 Å². The van der Waals surface area contributed by atoms with E-state index in [2.05, 4.69) is 31.9 Å². The third-order valence-corrected chi connectivity index (χ3v) is 2.70. The van der Waals surface area contributed by atoms with Gasteiger partial charge in [0.25, 0.3) is 0 Å². The van der Waals surface area contributed by atoms with Crippen molar-refractivity contribution in [1.29, 1.82) is 0 Å². The number of nitrogens with zero attached hydrogens (tertiary/aromatic N) is 4. The van der Waals surface area contributed by atoms with Gasteiger partial charge in [0, 0.05) is 26.2 Å². The highest BCUT2D eigenvalue weighted by Crippen LogP contribution is 2.09. The Hall–Kier alpha value is -1.43. The highest BCUT2D eigenvalue weighted by atomic mass is 16.1. The van der Waals surface area contributed by atoms with Crippen molar-refractivity contribution in [3.63, 3.8) is 0 Å². The summed E-state index contributed by atoms with van der Waals surface area (Å²) < 4.78 is 0. The van der Waals surface area contributed by atoms with Gasteiger partial charge in [-0.05, 0) is 6.54 Å². The van der Waals surface area contributed by atoms with Crippen LogP contribution in [0.5, 0.6) is 0 Å². The predicted molar refractivity (Wildman–Crippen MR) is 57.0 cm³/mol. The Balaban J connectivity index is 2.04. The number of hydrogen-bond acceptors (Lipinski definition) is 5. The van der Waals surface area contributed by atoms with Gasteiger partial charge in [-0.1, -0.05) is 6.92 Å². The zero-order valence-electron chi connectivity index (χ0n) is 8.81. The fourth-order valence-corrected chi connectivity index (χ4v) is 1.75. The zero-order valence-corrected chi connectivity index (χ0v) is 8.81. The second kappa shape index (κ2) is 4.39. The fourth-order valence-electron chi connectivity index (χ4n) is 1.75. The Kier molecular flexibility index (Phi) is 2.96. The summed E-state index contributed by atoms with van der Waals surface area (Å²) in [5, 5.41) is 6.02. The molecule has 0 aliphatic carbocycles. The molecule has 1 saturated heterocycles. The molecule has 2 heterocycles. The molecule has 6 heteroatoms. The molecule has 82 valence electrons. The Labute approximate surface area is 87.9 Å². The number of aromatic amines is 1. The highest BCUT2D eigenvalue weighted by Gasteiger charge is 2.16. The second-order valence-corrected chi connectivity index (χ2v) is 3.57. The topological polar surface area (TPSA) is 65.1 Å². The molecule has 2 rings (SSSR count).